The number of aromatic hydroxyl groups is 1. The smallest absolute Gasteiger partial charge is 0.319 e. The summed E-state index contributed by atoms with van der Waals surface area (Å²) in [5.74, 6) is 0.000123. The number of phenols is 1. The third kappa shape index (κ3) is 8.24. The van der Waals surface area contributed by atoms with E-state index in [0.29, 0.717) is 80.7 Å². The Morgan fingerprint density at radius 1 is 0.973 bits per heavy atom. The van der Waals surface area contributed by atoms with Gasteiger partial charge in [-0.05, 0) is 99.5 Å². The number of imide groups is 1. The number of amides is 4. The lowest BCUT2D eigenvalue weighted by Gasteiger charge is -2.34. The van der Waals surface area contributed by atoms with E-state index in [1.165, 1.54) is 30.5 Å². The minimum Gasteiger partial charge on any atom is -0.508 e. The van der Waals surface area contributed by atoms with Crippen LogP contribution in [0.3, 0.4) is 0 Å². The van der Waals surface area contributed by atoms with Crippen LogP contribution in [-0.2, 0) is 26.2 Å². The van der Waals surface area contributed by atoms with E-state index < -0.39 is 23.0 Å². The molecule has 3 aromatic carbocycles. The van der Waals surface area contributed by atoms with Crippen LogP contribution in [0.4, 0.5) is 14.6 Å². The largest absolute Gasteiger partial charge is 0.508 e. The summed E-state index contributed by atoms with van der Waals surface area (Å²) in [6.45, 7) is 3.01. The number of likely N-dealkylation sites (tertiary alicyclic amines) is 2. The van der Waals surface area contributed by atoms with Crippen molar-refractivity contribution in [1.82, 2.24) is 50.5 Å². The summed E-state index contributed by atoms with van der Waals surface area (Å²) in [4.78, 5) is 72.7. The van der Waals surface area contributed by atoms with Crippen molar-refractivity contribution in [1.29, 1.82) is 0 Å². The molecular formula is C54H55F2N11O6. The van der Waals surface area contributed by atoms with E-state index >= 15 is 8.78 Å². The number of carbonyl (C=O) groups excluding carboxylic acids is 4. The summed E-state index contributed by atoms with van der Waals surface area (Å²) >= 11 is 0. The molecule has 0 radical (unpaired) electrons. The van der Waals surface area contributed by atoms with E-state index in [9.17, 15) is 24.3 Å². The van der Waals surface area contributed by atoms with Gasteiger partial charge in [0.15, 0.2) is 5.82 Å². The zero-order valence-electron chi connectivity index (χ0n) is 40.6. The van der Waals surface area contributed by atoms with Crippen LogP contribution in [0.25, 0.3) is 43.8 Å². The van der Waals surface area contributed by atoms with Gasteiger partial charge in [0.25, 0.3) is 0 Å². The van der Waals surface area contributed by atoms with Gasteiger partial charge in [0.2, 0.25) is 23.6 Å². The molecule has 376 valence electrons. The number of halogens is 2. The summed E-state index contributed by atoms with van der Waals surface area (Å²) in [6.07, 6.45) is 13.0. The number of anilines is 1. The van der Waals surface area contributed by atoms with E-state index in [2.05, 4.69) is 53.8 Å². The van der Waals surface area contributed by atoms with Crippen molar-refractivity contribution in [3.63, 3.8) is 0 Å². The molecule has 4 amide bonds. The molecule has 8 heterocycles. The van der Waals surface area contributed by atoms with Crippen molar-refractivity contribution < 1.29 is 37.8 Å². The highest BCUT2D eigenvalue weighted by Crippen LogP contribution is 2.49. The first-order chi connectivity index (χ1) is 35.2. The Hall–Kier alpha value is -7.30. The molecule has 6 aliphatic rings. The Morgan fingerprint density at radius 2 is 1.75 bits per heavy atom. The first-order valence-electron chi connectivity index (χ1n) is 25.3. The van der Waals surface area contributed by atoms with Gasteiger partial charge in [-0.15, -0.1) is 6.42 Å². The maximum atomic E-state index is 17.2. The fraction of sp³-hybridized carbons (Fsp3) is 0.444. The molecule has 12 rings (SSSR count). The zero-order chi connectivity index (χ0) is 50.4. The van der Waals surface area contributed by atoms with Crippen LogP contribution < -0.4 is 25.6 Å². The number of phenolic OH excluding ortho intramolecular Hbond substituents is 1. The topological polar surface area (TPSA) is 200 Å². The second-order valence-corrected chi connectivity index (χ2v) is 21.0. The third-order valence-corrected chi connectivity index (χ3v) is 16.4. The lowest BCUT2D eigenvalue weighted by molar-refractivity contribution is -0.145. The van der Waals surface area contributed by atoms with Crippen molar-refractivity contribution in [2.75, 3.05) is 51.3 Å². The average molecular weight is 992 g/mol. The second-order valence-electron chi connectivity index (χ2n) is 21.0. The number of carbonyl (C=O) groups is 4. The van der Waals surface area contributed by atoms with E-state index in [1.807, 2.05) is 25.1 Å². The number of aromatic nitrogens is 5. The number of piperidine rings is 2. The van der Waals surface area contributed by atoms with Crippen LogP contribution in [0, 0.1) is 29.4 Å². The number of hydrogen-bond donors (Lipinski definition) is 4. The monoisotopic (exact) mass is 991 g/mol. The minimum atomic E-state index is -1.09. The van der Waals surface area contributed by atoms with Crippen molar-refractivity contribution in [2.45, 2.75) is 93.8 Å². The lowest BCUT2D eigenvalue weighted by atomic mass is 9.87. The standard InChI is InChI=1S/C54H55F2N11O6/c1-4-36-41(55)11-6-30-19-35(68)22-39(44(30)36)47-45(56)48-40(23-57-47)49(67-25-31-7-8-32(26-67)58-31)62-53(61-48)73-27-34-21-33(24-64(34)2)59-51(71)54(15-16-54)52(72)66-17-13-28(14-18-66)29-5-9-37-42(20-29)65(3)63-46(37)38-10-12-43(69)60-50(38)70/h1,5-6,9,11,19-20,22-23,28,31-34,38,58,68H,7-8,10,12-18,21,24-27H2,2-3H3,(H,59,71)(H,60,69,70)/t31?,32?,33-,34?,38?/m1/s1. The number of terminal acetylenes is 1. The molecule has 73 heavy (non-hydrogen) atoms. The maximum absolute atomic E-state index is 17.2. The highest BCUT2D eigenvalue weighted by Gasteiger charge is 2.58. The molecule has 19 heteroatoms. The maximum Gasteiger partial charge on any atom is 0.319 e. The first-order valence-corrected chi connectivity index (χ1v) is 25.3. The first kappa shape index (κ1) is 46.8. The average Bonchev–Trinajstić information content (AvgIpc) is 3.91. The number of rotatable bonds is 10. The second kappa shape index (κ2) is 18.0. The molecule has 3 aromatic heterocycles. The molecule has 5 saturated heterocycles. The molecule has 1 saturated carbocycles. The van der Waals surface area contributed by atoms with Crippen LogP contribution in [-0.4, -0.2) is 134 Å². The highest BCUT2D eigenvalue weighted by molar-refractivity contribution is 6.08. The Labute approximate surface area is 419 Å². The molecular weight excluding hydrogens is 937 g/mol. The van der Waals surface area contributed by atoms with Crippen LogP contribution in [0.1, 0.15) is 86.4 Å². The number of pyridine rings is 1. The van der Waals surface area contributed by atoms with Gasteiger partial charge in [-0.3, -0.25) is 39.1 Å². The number of nitrogens with one attached hydrogen (secondary N) is 3. The fourth-order valence-electron chi connectivity index (χ4n) is 12.3. The van der Waals surface area contributed by atoms with E-state index in [-0.39, 0.29) is 106 Å². The molecule has 6 fully saturated rings. The van der Waals surface area contributed by atoms with Gasteiger partial charge in [-0.2, -0.15) is 15.1 Å². The van der Waals surface area contributed by atoms with Gasteiger partial charge in [-0.25, -0.2) is 8.78 Å². The number of piperazine rings is 1. The minimum absolute atomic E-state index is 0.0378. The van der Waals surface area contributed by atoms with Crippen LogP contribution in [0.5, 0.6) is 11.8 Å². The Kier molecular flexibility index (Phi) is 11.5. The molecule has 17 nitrogen and oxygen atoms in total. The van der Waals surface area contributed by atoms with Gasteiger partial charge >= 0.3 is 6.01 Å². The number of fused-ring (bicyclic) bond motifs is 5. The number of hydrogen-bond acceptors (Lipinski definition) is 13. The molecule has 4 N–H and O–H groups in total. The van der Waals surface area contributed by atoms with E-state index in [4.69, 9.17) is 21.2 Å². The van der Waals surface area contributed by atoms with Crippen LogP contribution in [0.2, 0.25) is 0 Å². The third-order valence-electron chi connectivity index (χ3n) is 16.4. The summed E-state index contributed by atoms with van der Waals surface area (Å²) in [5.41, 5.74) is 1.46. The summed E-state index contributed by atoms with van der Waals surface area (Å²) in [7, 11) is 3.80. The predicted octanol–water partition coefficient (Wildman–Crippen LogP) is 4.91. The van der Waals surface area contributed by atoms with Gasteiger partial charge in [0, 0.05) is 92.9 Å². The quantitative estimate of drug-likeness (QED) is 0.0821. The molecule has 4 unspecified atom stereocenters. The highest BCUT2D eigenvalue weighted by atomic mass is 19.1. The SMILES string of the molecule is C#Cc1c(F)ccc2cc(O)cc(-c3ncc4c(N5CC6CCC(C5)N6)nc(OCC5C[C@@H](NC(=O)C6(C(=O)N7CCC(c8ccc9c(C%10CCC(=O)NC%10=O)nn(C)c9c8)CC7)CC6)CN5C)nc4c3F)c12. The molecule has 5 aliphatic heterocycles. The van der Waals surface area contributed by atoms with Crippen molar-refractivity contribution >= 4 is 62.0 Å². The number of benzene rings is 3. The van der Waals surface area contributed by atoms with Crippen molar-refractivity contribution in [3.8, 4) is 35.4 Å². The number of ether oxygens (including phenoxy) is 1. The Morgan fingerprint density at radius 3 is 2.49 bits per heavy atom. The summed E-state index contributed by atoms with van der Waals surface area (Å²) in [5, 5.41) is 26.6. The Bertz CT molecular complexity index is 3330. The molecule has 0 spiro atoms. The van der Waals surface area contributed by atoms with Crippen molar-refractivity contribution in [2.24, 2.45) is 12.5 Å². The predicted molar refractivity (Wildman–Crippen MR) is 266 cm³/mol. The summed E-state index contributed by atoms with van der Waals surface area (Å²) < 4.78 is 40.3. The molecule has 6 aromatic rings. The molecule has 1 aliphatic carbocycles. The lowest BCUT2D eigenvalue weighted by Crippen LogP contribution is -2.51. The zero-order valence-corrected chi connectivity index (χ0v) is 40.6. The van der Waals surface area contributed by atoms with Gasteiger partial charge in [0.05, 0.1) is 28.1 Å². The van der Waals surface area contributed by atoms with E-state index in [1.54, 1.807) is 4.68 Å². The Balaban J connectivity index is 0.719. The van der Waals surface area contributed by atoms with Gasteiger partial charge < -0.3 is 30.3 Å². The molecule has 5 atom stereocenters. The number of aryl methyl sites for hydroxylation is 1. The van der Waals surface area contributed by atoms with Gasteiger partial charge in [-0.1, -0.05) is 24.1 Å². The molecule has 2 bridgehead atoms. The van der Waals surface area contributed by atoms with Crippen LogP contribution >= 0.6 is 0 Å². The van der Waals surface area contributed by atoms with Gasteiger partial charge in [0.1, 0.15) is 40.6 Å². The number of likely N-dealkylation sites (N-methyl/N-ethyl adjacent to an activating group) is 1. The van der Waals surface area contributed by atoms with Crippen LogP contribution in [0.15, 0.2) is 48.7 Å². The van der Waals surface area contributed by atoms with Crippen molar-refractivity contribution in [3.05, 3.63) is 77.1 Å². The normalized spacial score (nSPS) is 24.1. The number of nitrogens with zero attached hydrogens (tertiary/aromatic N) is 8. The fourth-order valence-corrected chi connectivity index (χ4v) is 12.3. The summed E-state index contributed by atoms with van der Waals surface area (Å²) in [6, 6.07) is 11.7. The van der Waals surface area contributed by atoms with E-state index in [0.717, 1.165) is 42.1 Å².